The first-order chi connectivity index (χ1) is 9.60. The maximum Gasteiger partial charge on any atom is 0.234 e. The molecule has 1 saturated heterocycles. The Kier molecular flexibility index (Phi) is 5.14. The standard InChI is InChI=1S/C14H24N4O2/c1-2-16-13(19)10-17-5-7-18(8-6-17)14(20)11-3-4-12(15)9-11/h3-4,11-12H,2,5-10,15H2,1H3,(H,16,19). The van der Waals surface area contributed by atoms with Crippen LogP contribution in [-0.2, 0) is 9.59 Å². The zero-order chi connectivity index (χ0) is 14.5. The van der Waals surface area contributed by atoms with Crippen molar-refractivity contribution in [2.75, 3.05) is 39.3 Å². The maximum absolute atomic E-state index is 12.3. The number of amides is 2. The predicted octanol–water partition coefficient (Wildman–Crippen LogP) is -0.830. The SMILES string of the molecule is CCNC(=O)CN1CCN(C(=O)C2C=CC(N)C2)CC1. The Morgan fingerprint density at radius 1 is 1.25 bits per heavy atom. The van der Waals surface area contributed by atoms with Crippen LogP contribution in [0, 0.1) is 5.92 Å². The van der Waals surface area contributed by atoms with Crippen molar-refractivity contribution in [2.24, 2.45) is 11.7 Å². The van der Waals surface area contributed by atoms with Gasteiger partial charge in [0.15, 0.2) is 0 Å². The second-order valence-electron chi connectivity index (χ2n) is 5.45. The summed E-state index contributed by atoms with van der Waals surface area (Å²) in [6.45, 7) is 5.89. The molecule has 3 N–H and O–H groups in total. The summed E-state index contributed by atoms with van der Waals surface area (Å²) in [4.78, 5) is 27.8. The molecule has 6 nitrogen and oxygen atoms in total. The van der Waals surface area contributed by atoms with Gasteiger partial charge in [-0.05, 0) is 13.3 Å². The van der Waals surface area contributed by atoms with Gasteiger partial charge in [0.25, 0.3) is 0 Å². The third-order valence-corrected chi connectivity index (χ3v) is 3.86. The van der Waals surface area contributed by atoms with E-state index in [1.165, 1.54) is 0 Å². The van der Waals surface area contributed by atoms with Crippen LogP contribution in [0.25, 0.3) is 0 Å². The second-order valence-corrected chi connectivity index (χ2v) is 5.45. The maximum atomic E-state index is 12.3. The first kappa shape index (κ1) is 15.0. The van der Waals surface area contributed by atoms with Gasteiger partial charge in [0.1, 0.15) is 0 Å². The lowest BCUT2D eigenvalue weighted by Gasteiger charge is -2.35. The van der Waals surface area contributed by atoms with Crippen LogP contribution in [0.2, 0.25) is 0 Å². The number of hydrogen-bond acceptors (Lipinski definition) is 4. The number of hydrogen-bond donors (Lipinski definition) is 2. The van der Waals surface area contributed by atoms with E-state index in [4.69, 9.17) is 5.73 Å². The van der Waals surface area contributed by atoms with Crippen molar-refractivity contribution < 1.29 is 9.59 Å². The highest BCUT2D eigenvalue weighted by molar-refractivity contribution is 5.81. The van der Waals surface area contributed by atoms with Crippen molar-refractivity contribution >= 4 is 11.8 Å². The average Bonchev–Trinajstić information content (AvgIpc) is 2.86. The Bertz CT molecular complexity index is 389. The lowest BCUT2D eigenvalue weighted by atomic mass is 10.1. The van der Waals surface area contributed by atoms with E-state index < -0.39 is 0 Å². The van der Waals surface area contributed by atoms with Gasteiger partial charge in [-0.1, -0.05) is 12.2 Å². The molecule has 20 heavy (non-hydrogen) atoms. The number of piperazine rings is 1. The van der Waals surface area contributed by atoms with E-state index in [0.29, 0.717) is 26.2 Å². The zero-order valence-electron chi connectivity index (χ0n) is 12.0. The van der Waals surface area contributed by atoms with Gasteiger partial charge in [-0.2, -0.15) is 0 Å². The Hall–Kier alpha value is -1.40. The normalized spacial score (nSPS) is 26.8. The third kappa shape index (κ3) is 3.80. The van der Waals surface area contributed by atoms with Crippen molar-refractivity contribution in [3.8, 4) is 0 Å². The molecule has 1 heterocycles. The molecular formula is C14H24N4O2. The first-order valence-corrected chi connectivity index (χ1v) is 7.32. The van der Waals surface area contributed by atoms with Crippen LogP contribution in [0.4, 0.5) is 0 Å². The molecule has 0 aromatic rings. The van der Waals surface area contributed by atoms with Gasteiger partial charge in [-0.25, -0.2) is 0 Å². The summed E-state index contributed by atoms with van der Waals surface area (Å²) in [6, 6.07) is 0.0166. The van der Waals surface area contributed by atoms with E-state index in [1.807, 2.05) is 24.0 Å². The molecule has 1 aliphatic carbocycles. The fraction of sp³-hybridized carbons (Fsp3) is 0.714. The Morgan fingerprint density at radius 2 is 1.95 bits per heavy atom. The minimum Gasteiger partial charge on any atom is -0.355 e. The molecule has 6 heteroatoms. The fourth-order valence-electron chi connectivity index (χ4n) is 2.73. The van der Waals surface area contributed by atoms with Gasteiger partial charge in [0.05, 0.1) is 12.5 Å². The topological polar surface area (TPSA) is 78.7 Å². The smallest absolute Gasteiger partial charge is 0.234 e. The zero-order valence-corrected chi connectivity index (χ0v) is 12.0. The summed E-state index contributed by atoms with van der Waals surface area (Å²) in [6.07, 6.45) is 4.56. The summed E-state index contributed by atoms with van der Waals surface area (Å²) in [7, 11) is 0. The molecule has 0 aromatic carbocycles. The molecule has 0 bridgehead atoms. The van der Waals surface area contributed by atoms with Crippen LogP contribution < -0.4 is 11.1 Å². The van der Waals surface area contributed by atoms with E-state index in [2.05, 4.69) is 10.2 Å². The highest BCUT2D eigenvalue weighted by atomic mass is 16.2. The lowest BCUT2D eigenvalue weighted by Crippen LogP contribution is -2.52. The van der Waals surface area contributed by atoms with Crippen LogP contribution in [0.1, 0.15) is 13.3 Å². The number of carbonyl (C=O) groups excluding carboxylic acids is 2. The van der Waals surface area contributed by atoms with Crippen molar-refractivity contribution in [3.05, 3.63) is 12.2 Å². The molecule has 1 fully saturated rings. The van der Waals surface area contributed by atoms with Gasteiger partial charge >= 0.3 is 0 Å². The summed E-state index contributed by atoms with van der Waals surface area (Å²) >= 11 is 0. The molecule has 0 aromatic heterocycles. The number of nitrogens with zero attached hydrogens (tertiary/aromatic N) is 2. The molecule has 2 unspecified atom stereocenters. The number of nitrogens with one attached hydrogen (secondary N) is 1. The second kappa shape index (κ2) is 6.85. The third-order valence-electron chi connectivity index (χ3n) is 3.86. The van der Waals surface area contributed by atoms with E-state index in [9.17, 15) is 9.59 Å². The number of likely N-dealkylation sites (N-methyl/N-ethyl adjacent to an activating group) is 1. The molecule has 2 aliphatic rings. The van der Waals surface area contributed by atoms with Crippen LogP contribution in [-0.4, -0.2) is 66.9 Å². The number of rotatable bonds is 4. The minimum absolute atomic E-state index is 0.0166. The Balaban J connectivity index is 1.75. The van der Waals surface area contributed by atoms with Gasteiger partial charge in [0, 0.05) is 38.8 Å². The van der Waals surface area contributed by atoms with E-state index in [-0.39, 0.29) is 23.8 Å². The van der Waals surface area contributed by atoms with E-state index in [0.717, 1.165) is 19.5 Å². The van der Waals surface area contributed by atoms with Crippen LogP contribution >= 0.6 is 0 Å². The van der Waals surface area contributed by atoms with E-state index >= 15 is 0 Å². The van der Waals surface area contributed by atoms with E-state index in [1.54, 1.807) is 0 Å². The highest BCUT2D eigenvalue weighted by Gasteiger charge is 2.29. The molecular weight excluding hydrogens is 256 g/mol. The van der Waals surface area contributed by atoms with Gasteiger partial charge < -0.3 is 16.0 Å². The quantitative estimate of drug-likeness (QED) is 0.659. The van der Waals surface area contributed by atoms with Gasteiger partial charge in [-0.3, -0.25) is 14.5 Å². The monoisotopic (exact) mass is 280 g/mol. The van der Waals surface area contributed by atoms with Crippen molar-refractivity contribution in [1.82, 2.24) is 15.1 Å². The lowest BCUT2D eigenvalue weighted by molar-refractivity contribution is -0.136. The van der Waals surface area contributed by atoms with Crippen LogP contribution in [0.3, 0.4) is 0 Å². The molecule has 0 radical (unpaired) electrons. The molecule has 112 valence electrons. The summed E-state index contributed by atoms with van der Waals surface area (Å²) in [5.41, 5.74) is 5.79. The average molecular weight is 280 g/mol. The van der Waals surface area contributed by atoms with Crippen molar-refractivity contribution in [1.29, 1.82) is 0 Å². The van der Waals surface area contributed by atoms with Crippen LogP contribution in [0.15, 0.2) is 12.2 Å². The predicted molar refractivity (Wildman–Crippen MR) is 76.9 cm³/mol. The molecule has 1 aliphatic heterocycles. The fourth-order valence-corrected chi connectivity index (χ4v) is 2.73. The van der Waals surface area contributed by atoms with Crippen LogP contribution in [0.5, 0.6) is 0 Å². The van der Waals surface area contributed by atoms with Crippen molar-refractivity contribution in [3.63, 3.8) is 0 Å². The molecule has 0 spiro atoms. The summed E-state index contributed by atoms with van der Waals surface area (Å²) in [5.74, 6) is 0.170. The summed E-state index contributed by atoms with van der Waals surface area (Å²) in [5, 5.41) is 2.79. The van der Waals surface area contributed by atoms with Crippen molar-refractivity contribution in [2.45, 2.75) is 19.4 Å². The summed E-state index contributed by atoms with van der Waals surface area (Å²) < 4.78 is 0. The Morgan fingerprint density at radius 3 is 2.50 bits per heavy atom. The largest absolute Gasteiger partial charge is 0.355 e. The molecule has 2 rings (SSSR count). The van der Waals surface area contributed by atoms with Gasteiger partial charge in [-0.15, -0.1) is 0 Å². The molecule has 0 saturated carbocycles. The number of nitrogens with two attached hydrogens (primary N) is 1. The number of carbonyl (C=O) groups is 2. The molecule has 2 atom stereocenters. The first-order valence-electron chi connectivity index (χ1n) is 7.32. The minimum atomic E-state index is -0.0556. The molecule has 2 amide bonds. The Labute approximate surface area is 120 Å². The highest BCUT2D eigenvalue weighted by Crippen LogP contribution is 2.19. The van der Waals surface area contributed by atoms with Gasteiger partial charge in [0.2, 0.25) is 11.8 Å².